The van der Waals surface area contributed by atoms with Crippen LogP contribution in [0.1, 0.15) is 24.2 Å². The molecule has 1 fully saturated rings. The molecule has 2 aromatic rings. The molecule has 4 nitrogen and oxygen atoms in total. The number of amides is 2. The van der Waals surface area contributed by atoms with Gasteiger partial charge in [0, 0.05) is 12.1 Å². The molecular weight excluding hydrogens is 312 g/mol. The van der Waals surface area contributed by atoms with E-state index >= 15 is 0 Å². The first-order valence-corrected chi connectivity index (χ1v) is 8.49. The summed E-state index contributed by atoms with van der Waals surface area (Å²) in [4.78, 5) is 14.2. The number of benzene rings is 2. The molecule has 0 spiro atoms. The Labute approximate surface area is 148 Å². The van der Waals surface area contributed by atoms with Gasteiger partial charge < -0.3 is 15.0 Å². The molecule has 25 heavy (non-hydrogen) atoms. The van der Waals surface area contributed by atoms with Crippen molar-refractivity contribution in [3.05, 3.63) is 71.8 Å². The van der Waals surface area contributed by atoms with E-state index in [2.05, 4.69) is 17.2 Å². The van der Waals surface area contributed by atoms with Crippen molar-refractivity contribution in [1.29, 1.82) is 0 Å². The number of hydrogen-bond donors (Lipinski definition) is 1. The van der Waals surface area contributed by atoms with Crippen LogP contribution in [0, 0.1) is 11.8 Å². The molecule has 0 aromatic heterocycles. The van der Waals surface area contributed by atoms with Crippen LogP contribution >= 0.6 is 0 Å². The zero-order chi connectivity index (χ0) is 17.5. The number of nitrogens with one attached hydrogen (secondary N) is 1. The van der Waals surface area contributed by atoms with Crippen LogP contribution in [0.2, 0.25) is 0 Å². The van der Waals surface area contributed by atoms with Gasteiger partial charge in [-0.3, -0.25) is 0 Å². The van der Waals surface area contributed by atoms with Crippen molar-refractivity contribution < 1.29 is 9.53 Å². The second kappa shape index (κ2) is 8.36. The fraction of sp³-hybridized carbons (Fsp3) is 0.286. The maximum Gasteiger partial charge on any atom is 0.318 e. The van der Waals surface area contributed by atoms with Crippen LogP contribution in [0.25, 0.3) is 0 Å². The molecule has 1 heterocycles. The molecule has 0 aliphatic carbocycles. The Balaban J connectivity index is 1.55. The summed E-state index contributed by atoms with van der Waals surface area (Å²) in [6, 6.07) is 19.7. The summed E-state index contributed by atoms with van der Waals surface area (Å²) in [5.41, 5.74) is 2.04. The predicted molar refractivity (Wildman–Crippen MR) is 98.0 cm³/mol. The van der Waals surface area contributed by atoms with Crippen LogP contribution in [0.15, 0.2) is 60.7 Å². The molecule has 2 aromatic carbocycles. The fourth-order valence-electron chi connectivity index (χ4n) is 2.87. The lowest BCUT2D eigenvalue weighted by molar-refractivity contribution is -0.0655. The van der Waals surface area contributed by atoms with Crippen LogP contribution < -0.4 is 5.32 Å². The second-order valence-corrected chi connectivity index (χ2v) is 6.08. The molecule has 1 N–H and O–H groups in total. The summed E-state index contributed by atoms with van der Waals surface area (Å²) in [7, 11) is 0. The quantitative estimate of drug-likeness (QED) is 0.857. The van der Waals surface area contributed by atoms with Crippen molar-refractivity contribution >= 4 is 6.03 Å². The summed E-state index contributed by atoms with van der Waals surface area (Å²) in [6.07, 6.45) is -0.0915. The van der Waals surface area contributed by atoms with Gasteiger partial charge in [0.1, 0.15) is 6.10 Å². The highest BCUT2D eigenvalue weighted by Crippen LogP contribution is 2.24. The summed E-state index contributed by atoms with van der Waals surface area (Å²) in [6.45, 7) is 3.45. The molecule has 0 radical (unpaired) electrons. The van der Waals surface area contributed by atoms with E-state index in [9.17, 15) is 4.79 Å². The molecule has 4 heteroatoms. The standard InChI is InChI=1S/C21H22N2O2/c1-17-15-23(16-20(25-17)19-12-6-3-7-13-19)21(24)22-14-8-11-18-9-4-2-5-10-18/h2-7,9-10,12-13,17,20H,14-16H2,1H3,(H,22,24)/t17-,20+/m0/s1. The Hall–Kier alpha value is -2.77. The van der Waals surface area contributed by atoms with Gasteiger partial charge in [-0.15, -0.1) is 0 Å². The van der Waals surface area contributed by atoms with E-state index in [0.717, 1.165) is 11.1 Å². The average molecular weight is 334 g/mol. The second-order valence-electron chi connectivity index (χ2n) is 6.08. The third-order valence-electron chi connectivity index (χ3n) is 4.05. The molecule has 0 saturated carbocycles. The number of ether oxygens (including phenoxy) is 1. The maximum atomic E-state index is 12.4. The molecule has 0 bridgehead atoms. The van der Waals surface area contributed by atoms with Gasteiger partial charge in [0.15, 0.2) is 0 Å². The minimum absolute atomic E-state index is 0.000101. The van der Waals surface area contributed by atoms with E-state index in [1.807, 2.05) is 67.6 Å². The first-order valence-electron chi connectivity index (χ1n) is 8.49. The zero-order valence-electron chi connectivity index (χ0n) is 14.3. The smallest absolute Gasteiger partial charge is 0.318 e. The monoisotopic (exact) mass is 334 g/mol. The van der Waals surface area contributed by atoms with Crippen molar-refractivity contribution in [3.63, 3.8) is 0 Å². The van der Waals surface area contributed by atoms with Gasteiger partial charge in [-0.05, 0) is 24.6 Å². The van der Waals surface area contributed by atoms with Crippen LogP contribution in [-0.4, -0.2) is 36.7 Å². The molecule has 128 valence electrons. The van der Waals surface area contributed by atoms with Crippen molar-refractivity contribution in [2.45, 2.75) is 19.1 Å². The molecule has 3 rings (SSSR count). The van der Waals surface area contributed by atoms with Crippen molar-refractivity contribution in [3.8, 4) is 11.8 Å². The van der Waals surface area contributed by atoms with Crippen LogP contribution in [-0.2, 0) is 4.74 Å². The topological polar surface area (TPSA) is 41.6 Å². The third-order valence-corrected chi connectivity index (χ3v) is 4.05. The predicted octanol–water partition coefficient (Wildman–Crippen LogP) is 3.21. The normalized spacial score (nSPS) is 19.6. The van der Waals surface area contributed by atoms with Gasteiger partial charge in [0.05, 0.1) is 19.2 Å². The Kier molecular flexibility index (Phi) is 5.71. The van der Waals surface area contributed by atoms with Crippen LogP contribution in [0.4, 0.5) is 4.79 Å². The van der Waals surface area contributed by atoms with Gasteiger partial charge in [-0.2, -0.15) is 0 Å². The third kappa shape index (κ3) is 4.85. The molecule has 1 saturated heterocycles. The van der Waals surface area contributed by atoms with E-state index in [-0.39, 0.29) is 18.2 Å². The SMILES string of the molecule is C[C@H]1CN(C(=O)NCC#Cc2ccccc2)C[C@H](c2ccccc2)O1. The van der Waals surface area contributed by atoms with E-state index < -0.39 is 0 Å². The summed E-state index contributed by atoms with van der Waals surface area (Å²) in [5.74, 6) is 6.02. The molecule has 1 aliphatic rings. The van der Waals surface area contributed by atoms with Gasteiger partial charge in [0.2, 0.25) is 0 Å². The number of hydrogen-bond acceptors (Lipinski definition) is 2. The van der Waals surface area contributed by atoms with E-state index in [0.29, 0.717) is 19.6 Å². The highest BCUT2D eigenvalue weighted by atomic mass is 16.5. The molecule has 2 amide bonds. The first-order chi connectivity index (χ1) is 12.2. The minimum atomic E-state index is -0.0987. The molecule has 1 aliphatic heterocycles. The number of morpholine rings is 1. The lowest BCUT2D eigenvalue weighted by Crippen LogP contribution is -2.49. The Bertz CT molecular complexity index is 750. The highest BCUT2D eigenvalue weighted by molar-refractivity contribution is 5.74. The maximum absolute atomic E-state index is 12.4. The van der Waals surface area contributed by atoms with E-state index in [1.54, 1.807) is 4.90 Å². The Morgan fingerprint density at radius 2 is 1.80 bits per heavy atom. The first kappa shape index (κ1) is 17.1. The lowest BCUT2D eigenvalue weighted by atomic mass is 10.1. The number of urea groups is 1. The summed E-state index contributed by atoms with van der Waals surface area (Å²) >= 11 is 0. The van der Waals surface area contributed by atoms with Crippen molar-refractivity contribution in [1.82, 2.24) is 10.2 Å². The van der Waals surface area contributed by atoms with E-state index in [4.69, 9.17) is 4.74 Å². The minimum Gasteiger partial charge on any atom is -0.367 e. The lowest BCUT2D eigenvalue weighted by Gasteiger charge is -2.36. The van der Waals surface area contributed by atoms with Gasteiger partial charge in [-0.1, -0.05) is 60.4 Å². The van der Waals surface area contributed by atoms with Crippen LogP contribution in [0.3, 0.4) is 0 Å². The zero-order valence-corrected chi connectivity index (χ0v) is 14.3. The number of carbonyl (C=O) groups is 1. The fourth-order valence-corrected chi connectivity index (χ4v) is 2.87. The van der Waals surface area contributed by atoms with Gasteiger partial charge >= 0.3 is 6.03 Å². The molecule has 0 unspecified atom stereocenters. The Morgan fingerprint density at radius 3 is 2.52 bits per heavy atom. The largest absolute Gasteiger partial charge is 0.367 e. The molecule has 2 atom stereocenters. The number of rotatable bonds is 2. The number of nitrogens with zero attached hydrogens (tertiary/aromatic N) is 1. The van der Waals surface area contributed by atoms with E-state index in [1.165, 1.54) is 0 Å². The average Bonchev–Trinajstić information content (AvgIpc) is 2.66. The Morgan fingerprint density at radius 1 is 1.12 bits per heavy atom. The number of carbonyl (C=O) groups excluding carboxylic acids is 1. The van der Waals surface area contributed by atoms with Gasteiger partial charge in [0.25, 0.3) is 0 Å². The van der Waals surface area contributed by atoms with Crippen molar-refractivity contribution in [2.24, 2.45) is 0 Å². The molecular formula is C21H22N2O2. The van der Waals surface area contributed by atoms with Gasteiger partial charge in [-0.25, -0.2) is 4.79 Å². The highest BCUT2D eigenvalue weighted by Gasteiger charge is 2.29. The van der Waals surface area contributed by atoms with Crippen molar-refractivity contribution in [2.75, 3.05) is 19.6 Å². The summed E-state index contributed by atoms with van der Waals surface area (Å²) in [5, 5.41) is 2.87. The summed E-state index contributed by atoms with van der Waals surface area (Å²) < 4.78 is 5.99. The van der Waals surface area contributed by atoms with Crippen LogP contribution in [0.5, 0.6) is 0 Å².